The minimum absolute atomic E-state index is 0.0393. The first-order valence-electron chi connectivity index (χ1n) is 10.3. The van der Waals surface area contributed by atoms with Crippen LogP contribution in [0.1, 0.15) is 54.5 Å². The van der Waals surface area contributed by atoms with Crippen LogP contribution in [-0.2, 0) is 11.3 Å². The van der Waals surface area contributed by atoms with E-state index >= 15 is 0 Å². The Balaban J connectivity index is 1.54. The van der Waals surface area contributed by atoms with Gasteiger partial charge in [-0.15, -0.1) is 0 Å². The molecule has 1 atom stereocenters. The van der Waals surface area contributed by atoms with Crippen LogP contribution in [0.4, 0.5) is 4.39 Å². The molecule has 1 aliphatic rings. The second-order valence-corrected chi connectivity index (χ2v) is 7.95. The summed E-state index contributed by atoms with van der Waals surface area (Å²) in [5, 5.41) is 3.26. The van der Waals surface area contributed by atoms with Gasteiger partial charge in [0.1, 0.15) is 5.82 Å². The molecule has 0 spiro atoms. The molecule has 1 unspecified atom stereocenters. The summed E-state index contributed by atoms with van der Waals surface area (Å²) in [5.41, 5.74) is 4.43. The molecule has 1 heterocycles. The Bertz CT molecular complexity index is 812. The Labute approximate surface area is 167 Å². The SMILES string of the molecule is CCC(NC(=O)C1CCN(Cc2ccccc2F)CC1)c1ccc(C)c(C)c1. The number of rotatable bonds is 6. The van der Waals surface area contributed by atoms with Gasteiger partial charge in [-0.3, -0.25) is 9.69 Å². The van der Waals surface area contributed by atoms with E-state index in [1.54, 1.807) is 6.07 Å². The molecular formula is C24H31FN2O. The Kier molecular flexibility index (Phi) is 6.84. The monoisotopic (exact) mass is 382 g/mol. The number of amides is 1. The predicted octanol–water partition coefficient (Wildman–Crippen LogP) is 4.92. The van der Waals surface area contributed by atoms with Crippen LogP contribution in [-0.4, -0.2) is 23.9 Å². The Morgan fingerprint density at radius 1 is 1.14 bits per heavy atom. The van der Waals surface area contributed by atoms with E-state index < -0.39 is 0 Å². The minimum Gasteiger partial charge on any atom is -0.349 e. The fraction of sp³-hybridized carbons (Fsp3) is 0.458. The van der Waals surface area contributed by atoms with Gasteiger partial charge in [-0.1, -0.05) is 43.3 Å². The highest BCUT2D eigenvalue weighted by molar-refractivity contribution is 5.79. The number of hydrogen-bond acceptors (Lipinski definition) is 2. The number of halogens is 1. The summed E-state index contributed by atoms with van der Waals surface area (Å²) in [5.74, 6) is 0.0367. The first kappa shape index (κ1) is 20.5. The van der Waals surface area contributed by atoms with Gasteiger partial charge in [-0.05, 0) is 69.0 Å². The molecule has 0 aromatic heterocycles. The predicted molar refractivity (Wildman–Crippen MR) is 111 cm³/mol. The highest BCUT2D eigenvalue weighted by Crippen LogP contribution is 2.24. The Morgan fingerprint density at radius 3 is 2.50 bits per heavy atom. The molecule has 1 aliphatic heterocycles. The summed E-state index contributed by atoms with van der Waals surface area (Å²) < 4.78 is 13.9. The van der Waals surface area contributed by atoms with Crippen LogP contribution in [0, 0.1) is 25.6 Å². The van der Waals surface area contributed by atoms with Crippen molar-refractivity contribution >= 4 is 5.91 Å². The molecule has 28 heavy (non-hydrogen) atoms. The fourth-order valence-electron chi connectivity index (χ4n) is 3.91. The van der Waals surface area contributed by atoms with Gasteiger partial charge in [0.2, 0.25) is 5.91 Å². The molecule has 1 saturated heterocycles. The molecule has 150 valence electrons. The molecule has 3 rings (SSSR count). The number of aryl methyl sites for hydroxylation is 2. The third-order valence-corrected chi connectivity index (χ3v) is 5.97. The molecule has 0 aliphatic carbocycles. The van der Waals surface area contributed by atoms with E-state index in [4.69, 9.17) is 0 Å². The molecule has 2 aromatic carbocycles. The maximum atomic E-state index is 13.9. The largest absolute Gasteiger partial charge is 0.349 e. The van der Waals surface area contributed by atoms with E-state index in [0.29, 0.717) is 6.54 Å². The number of carbonyl (C=O) groups excluding carboxylic acids is 1. The first-order valence-corrected chi connectivity index (χ1v) is 10.3. The summed E-state index contributed by atoms with van der Waals surface area (Å²) >= 11 is 0. The number of benzene rings is 2. The van der Waals surface area contributed by atoms with Gasteiger partial charge >= 0.3 is 0 Å². The molecule has 4 heteroatoms. The Morgan fingerprint density at radius 2 is 1.86 bits per heavy atom. The summed E-state index contributed by atoms with van der Waals surface area (Å²) in [4.78, 5) is 15.1. The summed E-state index contributed by atoms with van der Waals surface area (Å²) in [6.45, 7) is 8.59. The van der Waals surface area contributed by atoms with Crippen LogP contribution in [0.15, 0.2) is 42.5 Å². The number of hydrogen-bond donors (Lipinski definition) is 1. The summed E-state index contributed by atoms with van der Waals surface area (Å²) in [6.07, 6.45) is 2.52. The summed E-state index contributed by atoms with van der Waals surface area (Å²) in [6, 6.07) is 13.4. The van der Waals surface area contributed by atoms with Crippen molar-refractivity contribution in [3.8, 4) is 0 Å². The lowest BCUT2D eigenvalue weighted by Crippen LogP contribution is -2.41. The maximum absolute atomic E-state index is 13.9. The van der Waals surface area contributed by atoms with Gasteiger partial charge in [0, 0.05) is 18.0 Å². The van der Waals surface area contributed by atoms with E-state index in [-0.39, 0.29) is 23.7 Å². The van der Waals surface area contributed by atoms with E-state index in [0.717, 1.165) is 37.9 Å². The third kappa shape index (κ3) is 4.99. The lowest BCUT2D eigenvalue weighted by atomic mass is 9.94. The van der Waals surface area contributed by atoms with Gasteiger partial charge in [0.15, 0.2) is 0 Å². The normalized spacial score (nSPS) is 16.7. The molecule has 1 N–H and O–H groups in total. The number of likely N-dealkylation sites (tertiary alicyclic amines) is 1. The van der Waals surface area contributed by atoms with Gasteiger partial charge in [-0.25, -0.2) is 4.39 Å². The number of piperidine rings is 1. The molecule has 0 radical (unpaired) electrons. The second kappa shape index (κ2) is 9.33. The minimum atomic E-state index is -0.151. The topological polar surface area (TPSA) is 32.3 Å². The van der Waals surface area contributed by atoms with Gasteiger partial charge in [0.05, 0.1) is 6.04 Å². The number of nitrogens with one attached hydrogen (secondary N) is 1. The van der Waals surface area contributed by atoms with E-state index in [9.17, 15) is 9.18 Å². The van der Waals surface area contributed by atoms with Crippen molar-refractivity contribution in [1.29, 1.82) is 0 Å². The molecule has 0 saturated carbocycles. The van der Waals surface area contributed by atoms with Crippen molar-refractivity contribution in [2.45, 2.75) is 52.6 Å². The van der Waals surface area contributed by atoms with Gasteiger partial charge in [-0.2, -0.15) is 0 Å². The first-order chi connectivity index (χ1) is 13.5. The van der Waals surface area contributed by atoms with Crippen molar-refractivity contribution in [2.75, 3.05) is 13.1 Å². The van der Waals surface area contributed by atoms with Crippen LogP contribution in [0.25, 0.3) is 0 Å². The van der Waals surface area contributed by atoms with Gasteiger partial charge in [0.25, 0.3) is 0 Å². The summed E-state index contributed by atoms with van der Waals surface area (Å²) in [7, 11) is 0. The smallest absolute Gasteiger partial charge is 0.223 e. The zero-order valence-corrected chi connectivity index (χ0v) is 17.2. The maximum Gasteiger partial charge on any atom is 0.223 e. The highest BCUT2D eigenvalue weighted by atomic mass is 19.1. The van der Waals surface area contributed by atoms with Crippen LogP contribution in [0.3, 0.4) is 0 Å². The van der Waals surface area contributed by atoms with Crippen LogP contribution < -0.4 is 5.32 Å². The Hall–Kier alpha value is -2.20. The van der Waals surface area contributed by atoms with Gasteiger partial charge < -0.3 is 5.32 Å². The van der Waals surface area contributed by atoms with Crippen molar-refractivity contribution in [2.24, 2.45) is 5.92 Å². The van der Waals surface area contributed by atoms with Crippen molar-refractivity contribution in [3.05, 3.63) is 70.5 Å². The van der Waals surface area contributed by atoms with Crippen molar-refractivity contribution in [1.82, 2.24) is 10.2 Å². The van der Waals surface area contributed by atoms with Crippen LogP contribution >= 0.6 is 0 Å². The average molecular weight is 383 g/mol. The quantitative estimate of drug-likeness (QED) is 0.769. The van der Waals surface area contributed by atoms with Crippen LogP contribution in [0.5, 0.6) is 0 Å². The average Bonchev–Trinajstić information content (AvgIpc) is 2.70. The standard InChI is InChI=1S/C24H31FN2O/c1-4-23(20-10-9-17(2)18(3)15-20)26-24(28)19-11-13-27(14-12-19)16-21-7-5-6-8-22(21)25/h5-10,15,19,23H,4,11-14,16H2,1-3H3,(H,26,28). The molecule has 0 bridgehead atoms. The second-order valence-electron chi connectivity index (χ2n) is 7.95. The molecule has 1 fully saturated rings. The van der Waals surface area contributed by atoms with E-state index in [2.05, 4.69) is 49.2 Å². The third-order valence-electron chi connectivity index (χ3n) is 5.97. The van der Waals surface area contributed by atoms with E-state index in [1.807, 2.05) is 12.1 Å². The highest BCUT2D eigenvalue weighted by Gasteiger charge is 2.27. The molecular weight excluding hydrogens is 351 g/mol. The van der Waals surface area contributed by atoms with E-state index in [1.165, 1.54) is 22.8 Å². The zero-order valence-electron chi connectivity index (χ0n) is 17.2. The number of nitrogens with zero attached hydrogens (tertiary/aromatic N) is 1. The molecule has 3 nitrogen and oxygen atoms in total. The van der Waals surface area contributed by atoms with Crippen molar-refractivity contribution < 1.29 is 9.18 Å². The number of carbonyl (C=O) groups is 1. The van der Waals surface area contributed by atoms with Crippen LogP contribution in [0.2, 0.25) is 0 Å². The lowest BCUT2D eigenvalue weighted by molar-refractivity contribution is -0.127. The lowest BCUT2D eigenvalue weighted by Gasteiger charge is -2.32. The van der Waals surface area contributed by atoms with Crippen molar-refractivity contribution in [3.63, 3.8) is 0 Å². The molecule has 2 aromatic rings. The molecule has 1 amide bonds. The zero-order chi connectivity index (χ0) is 20.1. The fourth-order valence-corrected chi connectivity index (χ4v) is 3.91.